The minimum absolute atomic E-state index is 0.0820. The Kier molecular flexibility index (Phi) is 5.53. The number of ether oxygens (including phenoxy) is 1. The number of amides is 1. The van der Waals surface area contributed by atoms with Crippen LogP contribution < -0.4 is 9.64 Å². The predicted octanol–water partition coefficient (Wildman–Crippen LogP) is 5.02. The predicted molar refractivity (Wildman–Crippen MR) is 130 cm³/mol. The number of methoxy groups -OCH3 is 1. The topological polar surface area (TPSA) is 50.6 Å². The number of hydrogen-bond donors (Lipinski definition) is 0. The first-order valence-electron chi connectivity index (χ1n) is 10.5. The maximum absolute atomic E-state index is 13.3. The average molecular weight is 467 g/mol. The first-order chi connectivity index (χ1) is 15.5. The molecule has 0 saturated carbocycles. The maximum atomic E-state index is 13.3. The van der Waals surface area contributed by atoms with Crippen molar-refractivity contribution in [1.82, 2.24) is 14.7 Å². The Hall–Kier alpha value is -3.03. The SMILES string of the molecule is COc1cccc(N2CCN(C(=O)c3cc4c(C)nn(-c5ccc(Cl)cc5)c4s3)CC2)c1. The Balaban J connectivity index is 1.34. The van der Waals surface area contributed by atoms with Crippen LogP contribution in [0, 0.1) is 6.92 Å². The van der Waals surface area contributed by atoms with E-state index < -0.39 is 0 Å². The number of aryl methyl sites for hydroxylation is 1. The van der Waals surface area contributed by atoms with Crippen molar-refractivity contribution in [1.29, 1.82) is 0 Å². The van der Waals surface area contributed by atoms with Crippen LogP contribution in [-0.2, 0) is 0 Å². The molecule has 0 spiro atoms. The van der Waals surface area contributed by atoms with Gasteiger partial charge in [-0.2, -0.15) is 5.10 Å². The highest BCUT2D eigenvalue weighted by Gasteiger charge is 2.25. The second-order valence-corrected chi connectivity index (χ2v) is 9.25. The number of piperazine rings is 1. The van der Waals surface area contributed by atoms with E-state index in [1.807, 2.05) is 65.0 Å². The summed E-state index contributed by atoms with van der Waals surface area (Å²) in [7, 11) is 1.68. The molecule has 1 aliphatic heterocycles. The Labute approximate surface area is 195 Å². The fourth-order valence-electron chi connectivity index (χ4n) is 4.04. The summed E-state index contributed by atoms with van der Waals surface area (Å²) in [6, 6.07) is 17.6. The molecule has 164 valence electrons. The highest BCUT2D eigenvalue weighted by atomic mass is 35.5. The summed E-state index contributed by atoms with van der Waals surface area (Å²) in [6.45, 7) is 4.94. The summed E-state index contributed by atoms with van der Waals surface area (Å²) in [5.41, 5.74) is 2.96. The molecular formula is C24H23ClN4O2S. The molecule has 4 aromatic rings. The van der Waals surface area contributed by atoms with Crippen LogP contribution in [0.25, 0.3) is 15.9 Å². The molecule has 2 aromatic heterocycles. The summed E-state index contributed by atoms with van der Waals surface area (Å²) in [5.74, 6) is 0.926. The number of rotatable bonds is 4. The molecule has 3 heterocycles. The van der Waals surface area contributed by atoms with Gasteiger partial charge in [0, 0.05) is 48.3 Å². The Morgan fingerprint density at radius 1 is 1.03 bits per heavy atom. The van der Waals surface area contributed by atoms with E-state index in [1.165, 1.54) is 11.3 Å². The number of aromatic nitrogens is 2. The lowest BCUT2D eigenvalue weighted by molar-refractivity contribution is 0.0751. The number of carbonyl (C=O) groups is 1. The molecule has 6 nitrogen and oxygen atoms in total. The largest absolute Gasteiger partial charge is 0.497 e. The normalized spacial score (nSPS) is 14.2. The zero-order valence-corrected chi connectivity index (χ0v) is 19.5. The molecule has 1 amide bonds. The van der Waals surface area contributed by atoms with Gasteiger partial charge in [0.1, 0.15) is 10.6 Å². The zero-order chi connectivity index (χ0) is 22.2. The third-order valence-electron chi connectivity index (χ3n) is 5.81. The van der Waals surface area contributed by atoms with Crippen LogP contribution in [0.2, 0.25) is 5.02 Å². The summed E-state index contributed by atoms with van der Waals surface area (Å²) in [6.07, 6.45) is 0. The first kappa shape index (κ1) is 20.8. The summed E-state index contributed by atoms with van der Waals surface area (Å²) in [5, 5.41) is 6.36. The van der Waals surface area contributed by atoms with E-state index in [0.717, 1.165) is 51.0 Å². The van der Waals surface area contributed by atoms with Crippen LogP contribution >= 0.6 is 22.9 Å². The van der Waals surface area contributed by atoms with Crippen LogP contribution in [-0.4, -0.2) is 53.9 Å². The second-order valence-electron chi connectivity index (χ2n) is 7.78. The maximum Gasteiger partial charge on any atom is 0.264 e. The van der Waals surface area contributed by atoms with Gasteiger partial charge in [0.25, 0.3) is 5.91 Å². The molecule has 2 aromatic carbocycles. The van der Waals surface area contributed by atoms with Gasteiger partial charge in [0.05, 0.1) is 23.4 Å². The average Bonchev–Trinajstić information content (AvgIpc) is 3.40. The molecule has 8 heteroatoms. The fraction of sp³-hybridized carbons (Fsp3) is 0.250. The van der Waals surface area contributed by atoms with Gasteiger partial charge in [0.15, 0.2) is 0 Å². The van der Waals surface area contributed by atoms with Crippen LogP contribution in [0.3, 0.4) is 0 Å². The zero-order valence-electron chi connectivity index (χ0n) is 17.9. The lowest BCUT2D eigenvalue weighted by Gasteiger charge is -2.36. The molecular weight excluding hydrogens is 444 g/mol. The van der Waals surface area contributed by atoms with Gasteiger partial charge >= 0.3 is 0 Å². The number of hydrogen-bond acceptors (Lipinski definition) is 5. The van der Waals surface area contributed by atoms with Crippen molar-refractivity contribution in [3.8, 4) is 11.4 Å². The lowest BCUT2D eigenvalue weighted by atomic mass is 10.2. The van der Waals surface area contributed by atoms with E-state index in [9.17, 15) is 4.79 Å². The molecule has 1 saturated heterocycles. The number of benzene rings is 2. The van der Waals surface area contributed by atoms with Crippen molar-refractivity contribution in [3.63, 3.8) is 0 Å². The van der Waals surface area contributed by atoms with Crippen molar-refractivity contribution in [2.75, 3.05) is 38.2 Å². The van der Waals surface area contributed by atoms with E-state index in [2.05, 4.69) is 16.1 Å². The van der Waals surface area contributed by atoms with Crippen LogP contribution in [0.5, 0.6) is 5.75 Å². The Bertz CT molecular complexity index is 1270. The number of anilines is 1. The molecule has 1 fully saturated rings. The number of fused-ring (bicyclic) bond motifs is 1. The molecule has 32 heavy (non-hydrogen) atoms. The van der Waals surface area contributed by atoms with Crippen LogP contribution in [0.1, 0.15) is 15.4 Å². The third-order valence-corrected chi connectivity index (χ3v) is 7.16. The van der Waals surface area contributed by atoms with E-state index in [1.54, 1.807) is 7.11 Å². The standard InChI is InChI=1S/C24H23ClN4O2S/c1-16-21-15-22(32-24(21)29(26-16)18-8-6-17(25)7-9-18)23(30)28-12-10-27(11-13-28)19-4-3-5-20(14-19)31-2/h3-9,14-15H,10-13H2,1-2H3. The molecule has 1 aliphatic rings. The monoisotopic (exact) mass is 466 g/mol. The van der Waals surface area contributed by atoms with Gasteiger partial charge in [-0.05, 0) is 49.4 Å². The molecule has 0 atom stereocenters. The Morgan fingerprint density at radius 2 is 1.78 bits per heavy atom. The summed E-state index contributed by atoms with van der Waals surface area (Å²) < 4.78 is 7.23. The van der Waals surface area contributed by atoms with E-state index >= 15 is 0 Å². The fourth-order valence-corrected chi connectivity index (χ4v) is 5.32. The molecule has 0 radical (unpaired) electrons. The molecule has 0 aliphatic carbocycles. The van der Waals surface area contributed by atoms with Gasteiger partial charge in [-0.25, -0.2) is 4.68 Å². The molecule has 0 N–H and O–H groups in total. The number of thiophene rings is 1. The van der Waals surface area contributed by atoms with Crippen LogP contribution in [0.15, 0.2) is 54.6 Å². The van der Waals surface area contributed by atoms with E-state index in [4.69, 9.17) is 16.3 Å². The molecule has 0 bridgehead atoms. The molecule has 0 unspecified atom stereocenters. The first-order valence-corrected chi connectivity index (χ1v) is 11.7. The van der Waals surface area contributed by atoms with E-state index in [0.29, 0.717) is 18.1 Å². The third kappa shape index (κ3) is 3.82. The quantitative estimate of drug-likeness (QED) is 0.423. The van der Waals surface area contributed by atoms with Crippen molar-refractivity contribution < 1.29 is 9.53 Å². The number of nitrogens with zero attached hydrogens (tertiary/aromatic N) is 4. The van der Waals surface area contributed by atoms with Gasteiger partial charge in [-0.1, -0.05) is 17.7 Å². The van der Waals surface area contributed by atoms with Crippen LogP contribution in [0.4, 0.5) is 5.69 Å². The van der Waals surface area contributed by atoms with Crippen molar-refractivity contribution in [2.45, 2.75) is 6.92 Å². The van der Waals surface area contributed by atoms with Gasteiger partial charge in [0.2, 0.25) is 0 Å². The van der Waals surface area contributed by atoms with Crippen molar-refractivity contribution in [2.24, 2.45) is 0 Å². The smallest absolute Gasteiger partial charge is 0.264 e. The second kappa shape index (κ2) is 8.48. The lowest BCUT2D eigenvalue weighted by Crippen LogP contribution is -2.48. The Morgan fingerprint density at radius 3 is 2.50 bits per heavy atom. The minimum atomic E-state index is 0.0820. The summed E-state index contributed by atoms with van der Waals surface area (Å²) in [4.78, 5) is 19.2. The van der Waals surface area contributed by atoms with Gasteiger partial charge in [-0.3, -0.25) is 4.79 Å². The molecule has 5 rings (SSSR count). The minimum Gasteiger partial charge on any atom is -0.497 e. The van der Waals surface area contributed by atoms with Gasteiger partial charge < -0.3 is 14.5 Å². The van der Waals surface area contributed by atoms with Gasteiger partial charge in [-0.15, -0.1) is 11.3 Å². The summed E-state index contributed by atoms with van der Waals surface area (Å²) >= 11 is 7.53. The van der Waals surface area contributed by atoms with E-state index in [-0.39, 0.29) is 5.91 Å². The number of halogens is 1. The van der Waals surface area contributed by atoms with Crippen molar-refractivity contribution in [3.05, 3.63) is 70.2 Å². The highest BCUT2D eigenvalue weighted by Crippen LogP contribution is 2.32. The van der Waals surface area contributed by atoms with Crippen molar-refractivity contribution >= 4 is 44.7 Å². The number of carbonyl (C=O) groups excluding carboxylic acids is 1. The highest BCUT2D eigenvalue weighted by molar-refractivity contribution is 7.20.